The summed E-state index contributed by atoms with van der Waals surface area (Å²) < 4.78 is 0. The van der Waals surface area contributed by atoms with Crippen LogP contribution in [0.25, 0.3) is 23.1 Å². The number of H-pyrrole nitrogens is 1. The minimum Gasteiger partial charge on any atom is -0.355 e. The van der Waals surface area contributed by atoms with Gasteiger partial charge in [-0.1, -0.05) is 64.1 Å². The van der Waals surface area contributed by atoms with Gasteiger partial charge in [0.2, 0.25) is 0 Å². The molecular formula is C18H29N. The zero-order valence-corrected chi connectivity index (χ0v) is 13.1. The topological polar surface area (TPSA) is 15.8 Å². The van der Waals surface area contributed by atoms with Gasteiger partial charge in [0.25, 0.3) is 0 Å². The Hall–Kier alpha value is -1.76. The van der Waals surface area contributed by atoms with E-state index in [1.807, 2.05) is 41.5 Å². The van der Waals surface area contributed by atoms with Crippen molar-refractivity contribution in [3.05, 3.63) is 47.7 Å². The van der Waals surface area contributed by atoms with Crippen molar-refractivity contribution in [2.75, 3.05) is 0 Å². The zero-order chi connectivity index (χ0) is 14.7. The Kier molecular flexibility index (Phi) is 9.25. The molecule has 0 unspecified atom stereocenters. The van der Waals surface area contributed by atoms with Crippen molar-refractivity contribution < 1.29 is 1.43 Å². The maximum absolute atomic E-state index is 3.41. The van der Waals surface area contributed by atoms with Crippen molar-refractivity contribution in [2.24, 2.45) is 0 Å². The van der Waals surface area contributed by atoms with Crippen molar-refractivity contribution in [3.8, 4) is 0 Å². The molecule has 19 heavy (non-hydrogen) atoms. The lowest BCUT2D eigenvalue weighted by atomic mass is 10.1. The Morgan fingerprint density at radius 1 is 0.895 bits per heavy atom. The first-order valence-electron chi connectivity index (χ1n) is 7.23. The van der Waals surface area contributed by atoms with Gasteiger partial charge in [-0.25, -0.2) is 0 Å². The van der Waals surface area contributed by atoms with Gasteiger partial charge >= 0.3 is 0 Å². The maximum Gasteiger partial charge on any atom is 0.0464 e. The maximum atomic E-state index is 3.41. The highest BCUT2D eigenvalue weighted by atomic mass is 14.7. The number of aromatic nitrogens is 1. The van der Waals surface area contributed by atoms with Crippen LogP contribution in [0, 0.1) is 0 Å². The molecule has 0 bridgehead atoms. The number of hydrogen-bond donors (Lipinski definition) is 1. The van der Waals surface area contributed by atoms with Crippen LogP contribution in [-0.4, -0.2) is 4.98 Å². The molecule has 0 saturated heterocycles. The lowest BCUT2D eigenvalue weighted by Crippen LogP contribution is -1.74. The minimum atomic E-state index is 0. The lowest BCUT2D eigenvalue weighted by Gasteiger charge is -1.92. The third kappa shape index (κ3) is 4.44. The average molecular weight is 259 g/mol. The van der Waals surface area contributed by atoms with Crippen LogP contribution in [0.1, 0.15) is 54.2 Å². The van der Waals surface area contributed by atoms with Gasteiger partial charge in [0.15, 0.2) is 0 Å². The van der Waals surface area contributed by atoms with Gasteiger partial charge in [0, 0.05) is 23.6 Å². The molecule has 2 rings (SSSR count). The first kappa shape index (κ1) is 17.2. The molecule has 0 atom stereocenters. The molecule has 1 N–H and O–H groups in total. The third-order valence-electron chi connectivity index (χ3n) is 2.44. The molecule has 2 aromatic rings. The number of allylic oxidation sites excluding steroid dienone is 2. The molecule has 0 fully saturated rings. The largest absolute Gasteiger partial charge is 0.355 e. The van der Waals surface area contributed by atoms with Crippen molar-refractivity contribution in [3.63, 3.8) is 0 Å². The van der Waals surface area contributed by atoms with E-state index in [4.69, 9.17) is 0 Å². The molecule has 0 spiro atoms. The molecule has 1 heteroatoms. The van der Waals surface area contributed by atoms with E-state index >= 15 is 0 Å². The summed E-state index contributed by atoms with van der Waals surface area (Å²) in [6, 6.07) is 8.38. The molecule has 1 aromatic heterocycles. The first-order chi connectivity index (χ1) is 9.36. The summed E-state index contributed by atoms with van der Waals surface area (Å²) in [5.74, 6) is 0. The number of rotatable bonds is 2. The normalized spacial score (nSPS) is 10.2. The highest BCUT2D eigenvalue weighted by Gasteiger charge is 2.04. The SMILES string of the molecule is C/C=C\c1[nH]c2ccccc2c1/C=C\C.CC.CC.[HH]. The molecule has 0 amide bonds. The van der Waals surface area contributed by atoms with Crippen molar-refractivity contribution in [2.45, 2.75) is 41.5 Å². The molecule has 0 aliphatic carbocycles. The van der Waals surface area contributed by atoms with E-state index in [2.05, 4.69) is 53.6 Å². The second kappa shape index (κ2) is 10.2. The van der Waals surface area contributed by atoms with Crippen LogP contribution in [-0.2, 0) is 0 Å². The van der Waals surface area contributed by atoms with E-state index in [1.54, 1.807) is 0 Å². The predicted octanol–water partition coefficient (Wildman–Crippen LogP) is 6.53. The number of fused-ring (bicyclic) bond motifs is 1. The second-order valence-electron chi connectivity index (χ2n) is 3.50. The monoisotopic (exact) mass is 259 g/mol. The van der Waals surface area contributed by atoms with Crippen LogP contribution in [0.4, 0.5) is 0 Å². The molecular weight excluding hydrogens is 230 g/mol. The number of aromatic amines is 1. The van der Waals surface area contributed by atoms with E-state index in [0.29, 0.717) is 0 Å². The standard InChI is InChI=1S/C14H15N.2C2H6.H2/c1-3-7-11-12-9-5-6-10-14(12)15-13(11)8-4-2;2*1-2;/h3-10,15H,1-2H3;2*1-2H3;1H/b7-3-,8-4-;;;. The van der Waals surface area contributed by atoms with Crippen LogP contribution < -0.4 is 0 Å². The molecule has 0 radical (unpaired) electrons. The predicted molar refractivity (Wildman–Crippen MR) is 92.5 cm³/mol. The van der Waals surface area contributed by atoms with Crippen molar-refractivity contribution >= 4 is 23.1 Å². The fraction of sp³-hybridized carbons (Fsp3) is 0.333. The zero-order valence-electron chi connectivity index (χ0n) is 13.1. The molecule has 0 aliphatic heterocycles. The fourth-order valence-corrected chi connectivity index (χ4v) is 1.83. The summed E-state index contributed by atoms with van der Waals surface area (Å²) >= 11 is 0. The summed E-state index contributed by atoms with van der Waals surface area (Å²) in [5.41, 5.74) is 3.64. The van der Waals surface area contributed by atoms with Crippen LogP contribution in [0.15, 0.2) is 36.4 Å². The Morgan fingerprint density at radius 3 is 2.05 bits per heavy atom. The van der Waals surface area contributed by atoms with Crippen LogP contribution >= 0.6 is 0 Å². The minimum absolute atomic E-state index is 0. The highest BCUT2D eigenvalue weighted by molar-refractivity contribution is 5.93. The molecule has 0 aliphatic rings. The lowest BCUT2D eigenvalue weighted by molar-refractivity contribution is 1.42. The van der Waals surface area contributed by atoms with E-state index in [1.165, 1.54) is 22.2 Å². The molecule has 0 saturated carbocycles. The van der Waals surface area contributed by atoms with Gasteiger partial charge in [-0.05, 0) is 26.0 Å². The van der Waals surface area contributed by atoms with Gasteiger partial charge in [-0.15, -0.1) is 0 Å². The van der Waals surface area contributed by atoms with E-state index in [-0.39, 0.29) is 1.43 Å². The van der Waals surface area contributed by atoms with Gasteiger partial charge in [0.1, 0.15) is 0 Å². The average Bonchev–Trinajstić information content (AvgIpc) is 2.82. The van der Waals surface area contributed by atoms with Crippen molar-refractivity contribution in [1.29, 1.82) is 0 Å². The van der Waals surface area contributed by atoms with Gasteiger partial charge in [-0.2, -0.15) is 0 Å². The van der Waals surface area contributed by atoms with Crippen LogP contribution in [0.3, 0.4) is 0 Å². The second-order valence-corrected chi connectivity index (χ2v) is 3.50. The quantitative estimate of drug-likeness (QED) is 0.631. The Labute approximate surface area is 119 Å². The van der Waals surface area contributed by atoms with Gasteiger partial charge in [-0.3, -0.25) is 0 Å². The van der Waals surface area contributed by atoms with E-state index < -0.39 is 0 Å². The number of nitrogens with one attached hydrogen (secondary N) is 1. The van der Waals surface area contributed by atoms with Gasteiger partial charge in [0.05, 0.1) is 0 Å². The Balaban J connectivity index is 0. The number of para-hydroxylation sites is 1. The van der Waals surface area contributed by atoms with Crippen LogP contribution in [0.5, 0.6) is 0 Å². The Bertz CT molecular complexity index is 521. The third-order valence-corrected chi connectivity index (χ3v) is 2.44. The van der Waals surface area contributed by atoms with Gasteiger partial charge < -0.3 is 4.98 Å². The van der Waals surface area contributed by atoms with Crippen molar-refractivity contribution in [1.82, 2.24) is 4.98 Å². The summed E-state index contributed by atoms with van der Waals surface area (Å²) in [4.78, 5) is 3.41. The first-order valence-corrected chi connectivity index (χ1v) is 7.23. The smallest absolute Gasteiger partial charge is 0.0464 e. The fourth-order valence-electron chi connectivity index (χ4n) is 1.83. The number of hydrogen-bond acceptors (Lipinski definition) is 0. The molecule has 1 aromatic carbocycles. The molecule has 106 valence electrons. The summed E-state index contributed by atoms with van der Waals surface area (Å²) in [6.45, 7) is 12.1. The van der Waals surface area contributed by atoms with E-state index in [0.717, 1.165) is 0 Å². The van der Waals surface area contributed by atoms with Crippen LogP contribution in [0.2, 0.25) is 0 Å². The number of benzene rings is 1. The Morgan fingerprint density at radius 2 is 1.47 bits per heavy atom. The summed E-state index contributed by atoms with van der Waals surface area (Å²) in [7, 11) is 0. The highest BCUT2D eigenvalue weighted by Crippen LogP contribution is 2.24. The summed E-state index contributed by atoms with van der Waals surface area (Å²) in [6.07, 6.45) is 8.38. The molecule has 1 heterocycles. The molecule has 1 nitrogen and oxygen atoms in total. The summed E-state index contributed by atoms with van der Waals surface area (Å²) in [5, 5.41) is 1.28. The van der Waals surface area contributed by atoms with E-state index in [9.17, 15) is 0 Å².